The Morgan fingerprint density at radius 3 is 2.72 bits per heavy atom. The van der Waals surface area contributed by atoms with E-state index in [1.807, 2.05) is 26.8 Å². The molecule has 2 rings (SSSR count). The molecule has 0 aliphatic carbocycles. The van der Waals surface area contributed by atoms with Crippen molar-refractivity contribution in [1.29, 1.82) is 0 Å². The molecule has 25 heavy (non-hydrogen) atoms. The van der Waals surface area contributed by atoms with E-state index >= 15 is 0 Å². The average Bonchev–Trinajstić information content (AvgIpc) is 2.96. The topological polar surface area (TPSA) is 66.0 Å². The molecular weight excluding hydrogens is 322 g/mol. The van der Waals surface area contributed by atoms with Gasteiger partial charge < -0.3 is 24.3 Å². The number of carbonyl (C=O) groups excluding carboxylic acids is 1. The molecule has 1 aliphatic heterocycles. The maximum atomic E-state index is 12.0. The zero-order valence-electron chi connectivity index (χ0n) is 15.5. The molecule has 138 valence electrons. The van der Waals surface area contributed by atoms with E-state index in [2.05, 4.69) is 11.4 Å². The first-order valence-corrected chi connectivity index (χ1v) is 8.34. The summed E-state index contributed by atoms with van der Waals surface area (Å²) in [4.78, 5) is 12.0. The van der Waals surface area contributed by atoms with Gasteiger partial charge in [-0.1, -0.05) is 11.6 Å². The molecule has 1 aromatic rings. The van der Waals surface area contributed by atoms with E-state index in [1.165, 1.54) is 12.7 Å². The van der Waals surface area contributed by atoms with Gasteiger partial charge in [-0.2, -0.15) is 0 Å². The number of carbonyl (C=O) groups is 1. The van der Waals surface area contributed by atoms with Crippen molar-refractivity contribution in [3.63, 3.8) is 0 Å². The first kappa shape index (κ1) is 19.3. The second kappa shape index (κ2) is 8.36. The Balaban J connectivity index is 2.02. The summed E-state index contributed by atoms with van der Waals surface area (Å²) in [6.45, 7) is 7.02. The molecule has 1 unspecified atom stereocenters. The summed E-state index contributed by atoms with van der Waals surface area (Å²) >= 11 is 0. The molecule has 0 spiro atoms. The fourth-order valence-corrected chi connectivity index (χ4v) is 2.74. The molecule has 1 aliphatic rings. The zero-order chi connectivity index (χ0) is 18.4. The second-order valence-corrected chi connectivity index (χ2v) is 6.36. The summed E-state index contributed by atoms with van der Waals surface area (Å²) in [6.07, 6.45) is 2.87. The number of allylic oxidation sites excluding steroid dienone is 1. The van der Waals surface area contributed by atoms with Gasteiger partial charge in [-0.3, -0.25) is 0 Å². The molecular formula is C19H27NO5. The van der Waals surface area contributed by atoms with Crippen molar-refractivity contribution in [3.8, 4) is 5.75 Å². The molecule has 6 heteroatoms. The predicted octanol–water partition coefficient (Wildman–Crippen LogP) is 3.38. The van der Waals surface area contributed by atoms with Gasteiger partial charge in [0, 0.05) is 12.2 Å². The van der Waals surface area contributed by atoms with Crippen LogP contribution in [0.15, 0.2) is 29.8 Å². The standard InChI is InChI=1S/C19H27NO5/c1-6-13(9-15-12-24-19(2,3)25-15)11-20-17-8-7-14(22-4)10-16(17)18(21)23-5/h6-8,10,15,20H,9,11-12H2,1-5H3/b13-6-. The van der Waals surface area contributed by atoms with Gasteiger partial charge in [-0.15, -0.1) is 0 Å². The van der Waals surface area contributed by atoms with Gasteiger partial charge in [0.2, 0.25) is 0 Å². The summed E-state index contributed by atoms with van der Waals surface area (Å²) < 4.78 is 21.5. The van der Waals surface area contributed by atoms with Gasteiger partial charge >= 0.3 is 5.97 Å². The van der Waals surface area contributed by atoms with Crippen molar-refractivity contribution < 1.29 is 23.7 Å². The van der Waals surface area contributed by atoms with E-state index in [4.69, 9.17) is 18.9 Å². The van der Waals surface area contributed by atoms with E-state index in [9.17, 15) is 4.79 Å². The number of benzene rings is 1. The summed E-state index contributed by atoms with van der Waals surface area (Å²) in [5, 5.41) is 3.30. The van der Waals surface area contributed by atoms with E-state index in [1.54, 1.807) is 19.2 Å². The Hall–Kier alpha value is -2.05. The van der Waals surface area contributed by atoms with E-state index in [0.29, 0.717) is 30.2 Å². The molecule has 0 aromatic heterocycles. The van der Waals surface area contributed by atoms with Gasteiger partial charge in [-0.05, 0) is 45.4 Å². The molecule has 1 atom stereocenters. The van der Waals surface area contributed by atoms with Crippen molar-refractivity contribution in [2.45, 2.75) is 39.1 Å². The lowest BCUT2D eigenvalue weighted by atomic mass is 10.1. The smallest absolute Gasteiger partial charge is 0.340 e. The minimum absolute atomic E-state index is 0.0407. The molecule has 0 bridgehead atoms. The highest BCUT2D eigenvalue weighted by Gasteiger charge is 2.32. The van der Waals surface area contributed by atoms with Crippen molar-refractivity contribution in [2.75, 3.05) is 32.7 Å². The van der Waals surface area contributed by atoms with Crippen LogP contribution in [-0.2, 0) is 14.2 Å². The highest BCUT2D eigenvalue weighted by Crippen LogP contribution is 2.27. The van der Waals surface area contributed by atoms with Gasteiger partial charge in [0.25, 0.3) is 0 Å². The number of hydrogen-bond donors (Lipinski definition) is 1. The summed E-state index contributed by atoms with van der Waals surface area (Å²) in [5.74, 6) is -0.320. The Bertz CT molecular complexity index is 639. The Morgan fingerprint density at radius 2 is 2.16 bits per heavy atom. The van der Waals surface area contributed by atoms with E-state index in [-0.39, 0.29) is 6.10 Å². The molecule has 1 N–H and O–H groups in total. The summed E-state index contributed by atoms with van der Waals surface area (Å²) in [5.41, 5.74) is 2.33. The van der Waals surface area contributed by atoms with Crippen molar-refractivity contribution in [2.24, 2.45) is 0 Å². The first-order valence-electron chi connectivity index (χ1n) is 8.34. The Morgan fingerprint density at radius 1 is 1.40 bits per heavy atom. The molecule has 1 heterocycles. The molecule has 1 saturated heterocycles. The number of esters is 1. The number of nitrogens with one attached hydrogen (secondary N) is 1. The average molecular weight is 349 g/mol. The molecule has 1 aromatic carbocycles. The highest BCUT2D eigenvalue weighted by molar-refractivity contribution is 5.96. The van der Waals surface area contributed by atoms with Crippen LogP contribution in [0.25, 0.3) is 0 Å². The number of hydrogen-bond acceptors (Lipinski definition) is 6. The minimum atomic E-state index is -0.523. The lowest BCUT2D eigenvalue weighted by Crippen LogP contribution is -2.22. The van der Waals surface area contributed by atoms with Gasteiger partial charge in [-0.25, -0.2) is 4.79 Å². The number of methoxy groups -OCH3 is 2. The maximum absolute atomic E-state index is 12.0. The number of anilines is 1. The largest absolute Gasteiger partial charge is 0.497 e. The maximum Gasteiger partial charge on any atom is 0.340 e. The van der Waals surface area contributed by atoms with Crippen LogP contribution in [0.1, 0.15) is 37.6 Å². The number of ether oxygens (including phenoxy) is 4. The van der Waals surface area contributed by atoms with Crippen molar-refractivity contribution >= 4 is 11.7 Å². The fraction of sp³-hybridized carbons (Fsp3) is 0.526. The lowest BCUT2D eigenvalue weighted by molar-refractivity contribution is -0.138. The second-order valence-electron chi connectivity index (χ2n) is 6.36. The molecule has 0 radical (unpaired) electrons. The normalized spacial score (nSPS) is 19.6. The van der Waals surface area contributed by atoms with Gasteiger partial charge in [0.1, 0.15) is 5.75 Å². The SMILES string of the molecule is C/C=C(\CNc1ccc(OC)cc1C(=O)OC)CC1COC(C)(C)O1. The summed E-state index contributed by atoms with van der Waals surface area (Å²) in [7, 11) is 2.93. The predicted molar refractivity (Wildman–Crippen MR) is 96.1 cm³/mol. The quantitative estimate of drug-likeness (QED) is 0.601. The van der Waals surface area contributed by atoms with Gasteiger partial charge in [0.15, 0.2) is 5.79 Å². The van der Waals surface area contributed by atoms with Crippen molar-refractivity contribution in [3.05, 3.63) is 35.4 Å². The van der Waals surface area contributed by atoms with E-state index in [0.717, 1.165) is 6.42 Å². The summed E-state index contributed by atoms with van der Waals surface area (Å²) in [6, 6.07) is 5.29. The third kappa shape index (κ3) is 5.21. The van der Waals surface area contributed by atoms with Crippen LogP contribution in [-0.4, -0.2) is 45.2 Å². The van der Waals surface area contributed by atoms with Crippen molar-refractivity contribution in [1.82, 2.24) is 0 Å². The van der Waals surface area contributed by atoms with Gasteiger partial charge in [0.05, 0.1) is 32.5 Å². The van der Waals surface area contributed by atoms with Crippen LogP contribution in [0.2, 0.25) is 0 Å². The Kier molecular flexibility index (Phi) is 6.45. The molecule has 1 fully saturated rings. The molecule has 0 amide bonds. The van der Waals surface area contributed by atoms with Crippen LogP contribution in [0.5, 0.6) is 5.75 Å². The number of rotatable bonds is 7. The Labute approximate surface area is 149 Å². The van der Waals surface area contributed by atoms with Crippen LogP contribution < -0.4 is 10.1 Å². The first-order chi connectivity index (χ1) is 11.9. The third-order valence-electron chi connectivity index (χ3n) is 4.10. The third-order valence-corrected chi connectivity index (χ3v) is 4.10. The molecule has 6 nitrogen and oxygen atoms in total. The van der Waals surface area contributed by atoms with E-state index < -0.39 is 11.8 Å². The van der Waals surface area contributed by atoms with Crippen LogP contribution in [0.3, 0.4) is 0 Å². The zero-order valence-corrected chi connectivity index (χ0v) is 15.5. The van der Waals surface area contributed by atoms with Crippen LogP contribution >= 0.6 is 0 Å². The minimum Gasteiger partial charge on any atom is -0.497 e. The lowest BCUT2D eigenvalue weighted by Gasteiger charge is -2.18. The fourth-order valence-electron chi connectivity index (χ4n) is 2.74. The van der Waals surface area contributed by atoms with Crippen LogP contribution in [0, 0.1) is 0 Å². The monoisotopic (exact) mass is 349 g/mol. The van der Waals surface area contributed by atoms with Crippen LogP contribution in [0.4, 0.5) is 5.69 Å². The highest BCUT2D eigenvalue weighted by atomic mass is 16.7. The molecule has 0 saturated carbocycles.